The molecule has 0 radical (unpaired) electrons. The molecule has 2 aliphatic rings. The van der Waals surface area contributed by atoms with Gasteiger partial charge in [-0.2, -0.15) is 0 Å². The van der Waals surface area contributed by atoms with Crippen LogP contribution in [0.5, 0.6) is 0 Å². The molecule has 1 unspecified atom stereocenters. The van der Waals surface area contributed by atoms with E-state index < -0.39 is 12.2 Å². The number of nitrogens with one attached hydrogen (secondary N) is 3. The van der Waals surface area contributed by atoms with E-state index in [1.54, 1.807) is 18.3 Å². The maximum atomic E-state index is 12.7. The zero-order valence-electron chi connectivity index (χ0n) is 19.6. The summed E-state index contributed by atoms with van der Waals surface area (Å²) in [6.07, 6.45) is 12.2. The van der Waals surface area contributed by atoms with Gasteiger partial charge in [0.25, 0.3) is 5.91 Å². The van der Waals surface area contributed by atoms with Crippen LogP contribution in [0.15, 0.2) is 42.6 Å². The molecule has 2 aromatic rings. The molecular weight excluding hydrogens is 468 g/mol. The molecule has 1 aliphatic carbocycles. The second-order valence-electron chi connectivity index (χ2n) is 8.81. The minimum absolute atomic E-state index is 0.0517. The Balaban J connectivity index is 1.34. The third-order valence-electron chi connectivity index (χ3n) is 6.13. The third-order valence-corrected chi connectivity index (χ3v) is 6.42. The number of rotatable bonds is 8. The molecule has 8 nitrogen and oxygen atoms in total. The van der Waals surface area contributed by atoms with E-state index >= 15 is 0 Å². The van der Waals surface area contributed by atoms with Crippen LogP contribution in [-0.4, -0.2) is 29.7 Å². The van der Waals surface area contributed by atoms with Crippen molar-refractivity contribution in [3.8, 4) is 0 Å². The summed E-state index contributed by atoms with van der Waals surface area (Å²) in [6.45, 7) is 0.637. The molecule has 1 saturated carbocycles. The van der Waals surface area contributed by atoms with Gasteiger partial charge in [-0.05, 0) is 55.5 Å². The first-order valence-electron chi connectivity index (χ1n) is 12.2. The summed E-state index contributed by atoms with van der Waals surface area (Å²) in [5, 5.41) is 6.64. The number of nitrogens with zero attached hydrogens (tertiary/aromatic N) is 1. The van der Waals surface area contributed by atoms with Gasteiger partial charge in [0.15, 0.2) is 6.29 Å². The van der Waals surface area contributed by atoms with E-state index in [1.165, 1.54) is 12.5 Å². The monoisotopic (exact) mass is 498 g/mol. The standard InChI is InChI=1S/C26H31ClN4O4/c27-20-16-18(13-14-23(32)31-35-24-12-6-7-15-34-24)17-28-25(20)29-21-10-4-5-11-22(21)30-26(33)19-8-2-1-3-9-19/h4-5,10-11,13-14,16-17,19,24H,1-3,6-9,12,15H2,(H,28,29)(H,30,33)(H,31,32). The smallest absolute Gasteiger partial charge is 0.267 e. The van der Waals surface area contributed by atoms with Crippen LogP contribution in [-0.2, 0) is 19.2 Å². The molecule has 2 fully saturated rings. The summed E-state index contributed by atoms with van der Waals surface area (Å²) >= 11 is 6.45. The van der Waals surface area contributed by atoms with Gasteiger partial charge in [0, 0.05) is 31.2 Å². The molecular formula is C26H31ClN4O4. The van der Waals surface area contributed by atoms with Crippen molar-refractivity contribution in [2.75, 3.05) is 17.2 Å². The Morgan fingerprint density at radius 2 is 1.83 bits per heavy atom. The van der Waals surface area contributed by atoms with E-state index in [9.17, 15) is 9.59 Å². The SMILES string of the molecule is O=C(C=Cc1cnc(Nc2ccccc2NC(=O)C2CCCCC2)c(Cl)c1)NOC1CCCCO1. The lowest BCUT2D eigenvalue weighted by Crippen LogP contribution is -2.32. The lowest BCUT2D eigenvalue weighted by molar-refractivity contribution is -0.198. The molecule has 3 N–H and O–H groups in total. The molecule has 0 spiro atoms. The molecule has 1 aliphatic heterocycles. The maximum Gasteiger partial charge on any atom is 0.267 e. The minimum Gasteiger partial charge on any atom is -0.350 e. The fraction of sp³-hybridized carbons (Fsp3) is 0.423. The van der Waals surface area contributed by atoms with Crippen LogP contribution < -0.4 is 16.1 Å². The van der Waals surface area contributed by atoms with Crippen molar-refractivity contribution in [1.82, 2.24) is 10.5 Å². The summed E-state index contributed by atoms with van der Waals surface area (Å²) in [5.41, 5.74) is 4.42. The number of pyridine rings is 1. The molecule has 9 heteroatoms. The number of hydroxylamine groups is 1. The van der Waals surface area contributed by atoms with Gasteiger partial charge in [-0.3, -0.25) is 9.59 Å². The van der Waals surface area contributed by atoms with Crippen molar-refractivity contribution in [2.24, 2.45) is 5.92 Å². The van der Waals surface area contributed by atoms with Gasteiger partial charge < -0.3 is 15.4 Å². The van der Waals surface area contributed by atoms with E-state index in [0.717, 1.165) is 44.9 Å². The van der Waals surface area contributed by atoms with Crippen molar-refractivity contribution in [3.05, 3.63) is 53.2 Å². The molecule has 1 aromatic carbocycles. The number of ether oxygens (including phenoxy) is 1. The first kappa shape index (κ1) is 25.2. The van der Waals surface area contributed by atoms with Crippen LogP contribution in [0.3, 0.4) is 0 Å². The summed E-state index contributed by atoms with van der Waals surface area (Å²) in [4.78, 5) is 34.4. The Hall–Kier alpha value is -2.94. The fourth-order valence-electron chi connectivity index (χ4n) is 4.20. The molecule has 2 amide bonds. The topological polar surface area (TPSA) is 102 Å². The first-order valence-corrected chi connectivity index (χ1v) is 12.5. The predicted molar refractivity (Wildman–Crippen MR) is 136 cm³/mol. The highest BCUT2D eigenvalue weighted by Gasteiger charge is 2.22. The van der Waals surface area contributed by atoms with E-state index in [2.05, 4.69) is 21.1 Å². The molecule has 1 atom stereocenters. The highest BCUT2D eigenvalue weighted by atomic mass is 35.5. The molecule has 1 aromatic heterocycles. The molecule has 35 heavy (non-hydrogen) atoms. The van der Waals surface area contributed by atoms with Crippen molar-refractivity contribution >= 4 is 46.7 Å². The number of carbonyl (C=O) groups is 2. The summed E-state index contributed by atoms with van der Waals surface area (Å²) in [5.74, 6) is 0.156. The second-order valence-corrected chi connectivity index (χ2v) is 9.21. The Morgan fingerprint density at radius 1 is 1.06 bits per heavy atom. The van der Waals surface area contributed by atoms with Crippen molar-refractivity contribution in [2.45, 2.75) is 57.7 Å². The van der Waals surface area contributed by atoms with E-state index in [-0.39, 0.29) is 11.8 Å². The van der Waals surface area contributed by atoms with Gasteiger partial charge in [0.05, 0.1) is 16.4 Å². The zero-order valence-corrected chi connectivity index (χ0v) is 20.4. The lowest BCUT2D eigenvalue weighted by atomic mass is 9.88. The average Bonchev–Trinajstić information content (AvgIpc) is 2.89. The summed E-state index contributed by atoms with van der Waals surface area (Å²) in [6, 6.07) is 9.17. The number of para-hydroxylation sites is 2. The Kier molecular flexibility index (Phi) is 9.11. The number of carbonyl (C=O) groups excluding carboxylic acids is 2. The summed E-state index contributed by atoms with van der Waals surface area (Å²) in [7, 11) is 0. The molecule has 186 valence electrons. The number of aromatic nitrogens is 1. The molecule has 0 bridgehead atoms. The second kappa shape index (κ2) is 12.7. The van der Waals surface area contributed by atoms with Gasteiger partial charge >= 0.3 is 0 Å². The van der Waals surface area contributed by atoms with E-state index in [0.29, 0.717) is 34.4 Å². The van der Waals surface area contributed by atoms with Crippen LogP contribution in [0.2, 0.25) is 5.02 Å². The van der Waals surface area contributed by atoms with Crippen LogP contribution in [0.4, 0.5) is 17.2 Å². The number of halogens is 1. The number of benzene rings is 1. The van der Waals surface area contributed by atoms with Crippen LogP contribution in [0.25, 0.3) is 6.08 Å². The highest BCUT2D eigenvalue weighted by molar-refractivity contribution is 6.33. The van der Waals surface area contributed by atoms with E-state index in [4.69, 9.17) is 21.2 Å². The third kappa shape index (κ3) is 7.52. The van der Waals surface area contributed by atoms with Crippen LogP contribution in [0, 0.1) is 5.92 Å². The predicted octanol–water partition coefficient (Wildman–Crippen LogP) is 5.59. The van der Waals surface area contributed by atoms with Crippen molar-refractivity contribution in [3.63, 3.8) is 0 Å². The average molecular weight is 499 g/mol. The van der Waals surface area contributed by atoms with Crippen LogP contribution >= 0.6 is 11.6 Å². The molecule has 1 saturated heterocycles. The quantitative estimate of drug-likeness (QED) is 0.324. The number of hydrogen-bond donors (Lipinski definition) is 3. The Morgan fingerprint density at radius 3 is 2.57 bits per heavy atom. The van der Waals surface area contributed by atoms with Gasteiger partial charge in [0.1, 0.15) is 5.82 Å². The number of hydrogen-bond acceptors (Lipinski definition) is 6. The lowest BCUT2D eigenvalue weighted by Gasteiger charge is -2.21. The van der Waals surface area contributed by atoms with Crippen molar-refractivity contribution < 1.29 is 19.2 Å². The largest absolute Gasteiger partial charge is 0.350 e. The Labute approximate surface area is 210 Å². The van der Waals surface area contributed by atoms with Gasteiger partial charge in [0.2, 0.25) is 5.91 Å². The van der Waals surface area contributed by atoms with Crippen molar-refractivity contribution in [1.29, 1.82) is 0 Å². The van der Waals surface area contributed by atoms with Gasteiger partial charge in [-0.1, -0.05) is 43.0 Å². The zero-order chi connectivity index (χ0) is 24.5. The molecule has 4 rings (SSSR count). The minimum atomic E-state index is -0.405. The Bertz CT molecular complexity index is 1050. The number of amides is 2. The van der Waals surface area contributed by atoms with Crippen LogP contribution in [0.1, 0.15) is 56.9 Å². The molecule has 2 heterocycles. The van der Waals surface area contributed by atoms with E-state index in [1.807, 2.05) is 24.3 Å². The van der Waals surface area contributed by atoms with Gasteiger partial charge in [-0.25, -0.2) is 15.3 Å². The van der Waals surface area contributed by atoms with Gasteiger partial charge in [-0.15, -0.1) is 0 Å². The fourth-order valence-corrected chi connectivity index (χ4v) is 4.42. The summed E-state index contributed by atoms with van der Waals surface area (Å²) < 4.78 is 5.41. The normalized spacial score (nSPS) is 18.8. The highest BCUT2D eigenvalue weighted by Crippen LogP contribution is 2.31. The number of anilines is 3. The maximum absolute atomic E-state index is 12.7. The first-order chi connectivity index (χ1) is 17.1.